The molecule has 120 valence electrons. The van der Waals surface area contributed by atoms with E-state index in [0.717, 1.165) is 36.9 Å². The fraction of sp³-hybridized carbons (Fsp3) is 0.611. The van der Waals surface area contributed by atoms with Gasteiger partial charge in [0.2, 0.25) is 5.91 Å². The Hall–Kier alpha value is -1.39. The third-order valence-corrected chi connectivity index (χ3v) is 5.22. The minimum Gasteiger partial charge on any atom is -0.393 e. The molecule has 1 aromatic carbocycles. The summed E-state index contributed by atoms with van der Waals surface area (Å²) >= 11 is 0. The summed E-state index contributed by atoms with van der Waals surface area (Å²) in [4.78, 5) is 12.0. The van der Waals surface area contributed by atoms with E-state index in [9.17, 15) is 9.90 Å². The van der Waals surface area contributed by atoms with Gasteiger partial charge in [0.25, 0.3) is 0 Å². The number of rotatable bonds is 3. The fourth-order valence-electron chi connectivity index (χ4n) is 3.55. The van der Waals surface area contributed by atoms with E-state index < -0.39 is 5.41 Å². The van der Waals surface area contributed by atoms with Gasteiger partial charge in [-0.1, -0.05) is 12.1 Å². The van der Waals surface area contributed by atoms with Crippen LogP contribution in [0.1, 0.15) is 63.6 Å². The Balaban J connectivity index is 1.73. The van der Waals surface area contributed by atoms with E-state index in [1.165, 1.54) is 5.56 Å². The van der Waals surface area contributed by atoms with Gasteiger partial charge >= 0.3 is 0 Å². The third-order valence-electron chi connectivity index (χ3n) is 5.22. The van der Waals surface area contributed by atoms with E-state index in [4.69, 9.17) is 0 Å². The lowest BCUT2D eigenvalue weighted by molar-refractivity contribution is -0.119. The monoisotopic (exact) mass is 302 g/mol. The number of aliphatic hydroxyl groups is 1. The molecule has 0 bridgehead atoms. The van der Waals surface area contributed by atoms with Crippen LogP contribution in [0.3, 0.4) is 0 Å². The second-order valence-electron chi connectivity index (χ2n) is 7.28. The zero-order valence-corrected chi connectivity index (χ0v) is 13.6. The molecule has 1 saturated carbocycles. The van der Waals surface area contributed by atoms with E-state index in [2.05, 4.69) is 29.7 Å². The van der Waals surface area contributed by atoms with Crippen molar-refractivity contribution < 1.29 is 9.90 Å². The van der Waals surface area contributed by atoms with E-state index in [1.807, 2.05) is 19.9 Å². The molecule has 0 aromatic heterocycles. The molecule has 1 aliphatic heterocycles. The summed E-state index contributed by atoms with van der Waals surface area (Å²) in [5.74, 6) is 0.0709. The van der Waals surface area contributed by atoms with Crippen molar-refractivity contribution in [2.24, 2.45) is 0 Å². The highest BCUT2D eigenvalue weighted by atomic mass is 16.3. The van der Waals surface area contributed by atoms with E-state index >= 15 is 0 Å². The van der Waals surface area contributed by atoms with Gasteiger partial charge in [-0.2, -0.15) is 0 Å². The molecule has 1 amide bonds. The number of hydrogen-bond donors (Lipinski definition) is 3. The van der Waals surface area contributed by atoms with Crippen molar-refractivity contribution >= 4 is 11.6 Å². The highest BCUT2D eigenvalue weighted by Gasteiger charge is 2.38. The lowest BCUT2D eigenvalue weighted by Gasteiger charge is -2.29. The van der Waals surface area contributed by atoms with Gasteiger partial charge < -0.3 is 15.7 Å². The average molecular weight is 302 g/mol. The molecule has 0 saturated heterocycles. The van der Waals surface area contributed by atoms with Crippen LogP contribution >= 0.6 is 0 Å². The van der Waals surface area contributed by atoms with Crippen molar-refractivity contribution in [3.63, 3.8) is 0 Å². The summed E-state index contributed by atoms with van der Waals surface area (Å²) in [7, 11) is 0. The van der Waals surface area contributed by atoms with Crippen molar-refractivity contribution in [3.8, 4) is 0 Å². The Labute approximate surface area is 132 Å². The van der Waals surface area contributed by atoms with Gasteiger partial charge in [0.15, 0.2) is 0 Å². The number of carbonyl (C=O) groups is 1. The van der Waals surface area contributed by atoms with Crippen molar-refractivity contribution in [2.75, 3.05) is 5.32 Å². The van der Waals surface area contributed by atoms with Crippen LogP contribution in [0, 0.1) is 0 Å². The van der Waals surface area contributed by atoms with Gasteiger partial charge in [0.05, 0.1) is 11.5 Å². The molecule has 0 spiro atoms. The minimum absolute atomic E-state index is 0.0709. The molecular formula is C18H26N2O2. The molecule has 4 heteroatoms. The van der Waals surface area contributed by atoms with Crippen LogP contribution < -0.4 is 10.6 Å². The molecule has 22 heavy (non-hydrogen) atoms. The van der Waals surface area contributed by atoms with Crippen molar-refractivity contribution in [1.82, 2.24) is 5.32 Å². The first-order chi connectivity index (χ1) is 10.4. The van der Waals surface area contributed by atoms with E-state index in [-0.39, 0.29) is 18.1 Å². The quantitative estimate of drug-likeness (QED) is 0.804. The summed E-state index contributed by atoms with van der Waals surface area (Å²) in [5.41, 5.74) is 2.78. The summed E-state index contributed by atoms with van der Waals surface area (Å²) in [6, 6.07) is 6.98. The molecule has 2 aliphatic rings. The lowest BCUT2D eigenvalue weighted by Crippen LogP contribution is -2.36. The molecule has 1 heterocycles. The predicted molar refractivity (Wildman–Crippen MR) is 87.9 cm³/mol. The Morgan fingerprint density at radius 2 is 1.95 bits per heavy atom. The fourth-order valence-corrected chi connectivity index (χ4v) is 3.55. The molecule has 3 rings (SSSR count). The minimum atomic E-state index is -0.458. The largest absolute Gasteiger partial charge is 0.393 e. The third kappa shape index (κ3) is 2.77. The first kappa shape index (κ1) is 15.5. The van der Waals surface area contributed by atoms with Gasteiger partial charge in [0, 0.05) is 17.8 Å². The SMILES string of the molecule is CC(NC1CCC(O)CC1)c1ccc2c(c1)C(C)(C)C(=O)N2. The van der Waals surface area contributed by atoms with Crippen LogP contribution in [0.2, 0.25) is 0 Å². The van der Waals surface area contributed by atoms with Crippen molar-refractivity contribution in [1.29, 1.82) is 0 Å². The maximum atomic E-state index is 12.0. The number of carbonyl (C=O) groups excluding carboxylic acids is 1. The van der Waals surface area contributed by atoms with Crippen LogP contribution in [-0.4, -0.2) is 23.2 Å². The average Bonchev–Trinajstić information content (AvgIpc) is 2.71. The van der Waals surface area contributed by atoms with Crippen LogP contribution in [0.25, 0.3) is 0 Å². The van der Waals surface area contributed by atoms with Crippen LogP contribution in [-0.2, 0) is 10.2 Å². The van der Waals surface area contributed by atoms with Gasteiger partial charge in [-0.15, -0.1) is 0 Å². The number of anilines is 1. The number of nitrogens with one attached hydrogen (secondary N) is 2. The van der Waals surface area contributed by atoms with Crippen molar-refractivity contribution in [3.05, 3.63) is 29.3 Å². The predicted octanol–water partition coefficient (Wildman–Crippen LogP) is 2.87. The smallest absolute Gasteiger partial charge is 0.234 e. The van der Waals surface area contributed by atoms with E-state index in [0.29, 0.717) is 6.04 Å². The number of amides is 1. The second kappa shape index (κ2) is 5.67. The molecular weight excluding hydrogens is 276 g/mol. The molecule has 1 unspecified atom stereocenters. The zero-order valence-electron chi connectivity index (χ0n) is 13.6. The number of benzene rings is 1. The number of fused-ring (bicyclic) bond motifs is 1. The summed E-state index contributed by atoms with van der Waals surface area (Å²) < 4.78 is 0. The molecule has 1 aromatic rings. The van der Waals surface area contributed by atoms with Crippen LogP contribution in [0.4, 0.5) is 5.69 Å². The number of aliphatic hydroxyl groups excluding tert-OH is 1. The summed E-state index contributed by atoms with van der Waals surface area (Å²) in [6.07, 6.45) is 3.72. The highest BCUT2D eigenvalue weighted by molar-refractivity contribution is 6.05. The standard InChI is InChI=1S/C18H26N2O2/c1-11(19-13-5-7-14(21)8-6-13)12-4-9-16-15(10-12)18(2,3)17(22)20-16/h4,9-11,13-14,19,21H,5-8H2,1-3H3,(H,20,22). The Bertz CT molecular complexity index is 574. The van der Waals surface area contributed by atoms with E-state index in [1.54, 1.807) is 0 Å². The molecule has 4 nitrogen and oxygen atoms in total. The maximum absolute atomic E-state index is 12.0. The molecule has 1 atom stereocenters. The summed E-state index contributed by atoms with van der Waals surface area (Å²) in [5, 5.41) is 16.2. The molecule has 0 radical (unpaired) electrons. The van der Waals surface area contributed by atoms with Crippen LogP contribution in [0.5, 0.6) is 0 Å². The Morgan fingerprint density at radius 1 is 1.27 bits per heavy atom. The maximum Gasteiger partial charge on any atom is 0.234 e. The van der Waals surface area contributed by atoms with Gasteiger partial charge in [0.1, 0.15) is 0 Å². The van der Waals surface area contributed by atoms with Gasteiger partial charge in [-0.05, 0) is 63.6 Å². The van der Waals surface area contributed by atoms with Crippen molar-refractivity contribution in [2.45, 2.75) is 70.1 Å². The second-order valence-corrected chi connectivity index (χ2v) is 7.28. The van der Waals surface area contributed by atoms with Gasteiger partial charge in [-0.25, -0.2) is 0 Å². The van der Waals surface area contributed by atoms with Crippen LogP contribution in [0.15, 0.2) is 18.2 Å². The molecule has 1 fully saturated rings. The first-order valence-electron chi connectivity index (χ1n) is 8.28. The topological polar surface area (TPSA) is 61.4 Å². The zero-order chi connectivity index (χ0) is 15.9. The normalized spacial score (nSPS) is 28.1. The lowest BCUT2D eigenvalue weighted by atomic mass is 9.84. The Kier molecular flexibility index (Phi) is 4.00. The Morgan fingerprint density at radius 3 is 2.64 bits per heavy atom. The number of hydrogen-bond acceptors (Lipinski definition) is 3. The molecule has 3 N–H and O–H groups in total. The van der Waals surface area contributed by atoms with Gasteiger partial charge in [-0.3, -0.25) is 4.79 Å². The summed E-state index contributed by atoms with van der Waals surface area (Å²) in [6.45, 7) is 6.11. The highest BCUT2D eigenvalue weighted by Crippen LogP contribution is 2.38. The molecule has 1 aliphatic carbocycles. The first-order valence-corrected chi connectivity index (χ1v) is 8.28.